The zero-order chi connectivity index (χ0) is 19.9. The summed E-state index contributed by atoms with van der Waals surface area (Å²) in [5.41, 5.74) is 2.15. The molecule has 7 nitrogen and oxygen atoms in total. The van der Waals surface area contributed by atoms with Gasteiger partial charge in [-0.05, 0) is 37.2 Å². The monoisotopic (exact) mass is 391 g/mol. The topological polar surface area (TPSA) is 69.2 Å². The van der Waals surface area contributed by atoms with Crippen LogP contribution in [-0.2, 0) is 6.42 Å². The number of benzene rings is 1. The summed E-state index contributed by atoms with van der Waals surface area (Å²) in [5, 5.41) is 7.96. The summed E-state index contributed by atoms with van der Waals surface area (Å²) >= 11 is 0. The van der Waals surface area contributed by atoms with Crippen LogP contribution in [0.25, 0.3) is 10.9 Å². The second-order valence-electron chi connectivity index (χ2n) is 7.52. The maximum atomic E-state index is 4.75. The fraction of sp³-hybridized carbons (Fsp3) is 0.409. The summed E-state index contributed by atoms with van der Waals surface area (Å²) in [6, 6.07) is 12.2. The molecule has 152 valence electrons. The van der Waals surface area contributed by atoms with Gasteiger partial charge in [-0.2, -0.15) is 4.98 Å². The molecular formula is C22H29N7. The Morgan fingerprint density at radius 3 is 2.62 bits per heavy atom. The highest BCUT2D eigenvalue weighted by molar-refractivity contribution is 5.90. The van der Waals surface area contributed by atoms with Gasteiger partial charge in [0.25, 0.3) is 0 Å². The molecule has 29 heavy (non-hydrogen) atoms. The number of likely N-dealkylation sites (N-methyl/N-ethyl adjacent to an activating group) is 1. The van der Waals surface area contributed by atoms with Gasteiger partial charge >= 0.3 is 0 Å². The third kappa shape index (κ3) is 5.40. The van der Waals surface area contributed by atoms with Crippen LogP contribution in [-0.4, -0.2) is 77.6 Å². The Bertz CT molecular complexity index is 907. The zero-order valence-corrected chi connectivity index (χ0v) is 17.0. The molecule has 0 unspecified atom stereocenters. The first-order valence-corrected chi connectivity index (χ1v) is 10.3. The van der Waals surface area contributed by atoms with E-state index in [9.17, 15) is 0 Å². The number of rotatable bonds is 8. The summed E-state index contributed by atoms with van der Waals surface area (Å²) in [4.78, 5) is 18.5. The summed E-state index contributed by atoms with van der Waals surface area (Å²) in [6.07, 6.45) is 4.58. The fourth-order valence-electron chi connectivity index (χ4n) is 3.56. The minimum atomic E-state index is 0.662. The number of nitrogens with one attached hydrogen (secondary N) is 2. The Morgan fingerprint density at radius 1 is 0.931 bits per heavy atom. The van der Waals surface area contributed by atoms with E-state index in [4.69, 9.17) is 4.98 Å². The largest absolute Gasteiger partial charge is 0.368 e. The van der Waals surface area contributed by atoms with Crippen molar-refractivity contribution in [2.75, 3.05) is 63.5 Å². The van der Waals surface area contributed by atoms with Crippen LogP contribution in [0.5, 0.6) is 0 Å². The molecule has 0 aliphatic carbocycles. The van der Waals surface area contributed by atoms with Crippen LogP contribution in [0, 0.1) is 0 Å². The lowest BCUT2D eigenvalue weighted by atomic mass is 10.2. The number of pyridine rings is 1. The predicted octanol–water partition coefficient (Wildman–Crippen LogP) is 2.34. The van der Waals surface area contributed by atoms with Crippen LogP contribution in [0.15, 0.2) is 48.8 Å². The average Bonchev–Trinajstić information content (AvgIpc) is 2.76. The van der Waals surface area contributed by atoms with Crippen LogP contribution < -0.4 is 10.6 Å². The highest BCUT2D eigenvalue weighted by atomic mass is 15.3. The molecule has 3 heterocycles. The standard InChI is InChI=1S/C22H29N7/c1-28-13-15-29(16-14-28)12-11-24-21-19-6-2-3-7-20(19)26-22(27-21)25-10-8-18-5-4-9-23-17-18/h2-7,9,17H,8,10-16H2,1H3,(H2,24,25,26,27). The van der Waals surface area contributed by atoms with Gasteiger partial charge in [-0.25, -0.2) is 4.98 Å². The summed E-state index contributed by atoms with van der Waals surface area (Å²) in [5.74, 6) is 1.56. The summed E-state index contributed by atoms with van der Waals surface area (Å²) in [7, 11) is 2.19. The molecule has 0 spiro atoms. The number of hydrogen-bond donors (Lipinski definition) is 2. The number of hydrogen-bond acceptors (Lipinski definition) is 7. The van der Waals surface area contributed by atoms with Gasteiger partial charge in [0.05, 0.1) is 5.52 Å². The van der Waals surface area contributed by atoms with Crippen LogP contribution in [0.1, 0.15) is 5.56 Å². The van der Waals surface area contributed by atoms with Crippen molar-refractivity contribution in [2.45, 2.75) is 6.42 Å². The van der Waals surface area contributed by atoms with Crippen molar-refractivity contribution in [1.29, 1.82) is 0 Å². The molecule has 1 aromatic carbocycles. The first-order valence-electron chi connectivity index (χ1n) is 10.3. The Hall–Kier alpha value is -2.77. The number of fused-ring (bicyclic) bond motifs is 1. The van der Waals surface area contributed by atoms with E-state index >= 15 is 0 Å². The van der Waals surface area contributed by atoms with Crippen molar-refractivity contribution in [3.8, 4) is 0 Å². The Morgan fingerprint density at radius 2 is 1.79 bits per heavy atom. The molecule has 1 aliphatic heterocycles. The van der Waals surface area contributed by atoms with Crippen molar-refractivity contribution in [2.24, 2.45) is 0 Å². The summed E-state index contributed by atoms with van der Waals surface area (Å²) in [6.45, 7) is 7.21. The van der Waals surface area contributed by atoms with E-state index in [2.05, 4.69) is 49.6 Å². The molecule has 1 saturated heterocycles. The number of piperazine rings is 1. The molecule has 0 bridgehead atoms. The van der Waals surface area contributed by atoms with Crippen molar-refractivity contribution in [3.63, 3.8) is 0 Å². The summed E-state index contributed by atoms with van der Waals surface area (Å²) < 4.78 is 0. The molecule has 0 saturated carbocycles. The SMILES string of the molecule is CN1CCN(CCNc2nc(NCCc3cccnc3)nc3ccccc23)CC1. The number of aromatic nitrogens is 3. The minimum Gasteiger partial charge on any atom is -0.368 e. The molecular weight excluding hydrogens is 362 g/mol. The lowest BCUT2D eigenvalue weighted by molar-refractivity contribution is 0.158. The van der Waals surface area contributed by atoms with Gasteiger partial charge in [0, 0.05) is 63.6 Å². The van der Waals surface area contributed by atoms with E-state index < -0.39 is 0 Å². The van der Waals surface area contributed by atoms with Gasteiger partial charge in [-0.15, -0.1) is 0 Å². The van der Waals surface area contributed by atoms with E-state index in [1.54, 1.807) is 6.20 Å². The van der Waals surface area contributed by atoms with Crippen LogP contribution in [0.2, 0.25) is 0 Å². The van der Waals surface area contributed by atoms with E-state index in [1.165, 1.54) is 5.56 Å². The normalized spacial score (nSPS) is 15.5. The second-order valence-corrected chi connectivity index (χ2v) is 7.52. The number of anilines is 2. The number of nitrogens with zero attached hydrogens (tertiary/aromatic N) is 5. The van der Waals surface area contributed by atoms with E-state index in [-0.39, 0.29) is 0 Å². The molecule has 1 fully saturated rings. The third-order valence-electron chi connectivity index (χ3n) is 5.34. The van der Waals surface area contributed by atoms with Gasteiger partial charge in [0.2, 0.25) is 5.95 Å². The maximum Gasteiger partial charge on any atom is 0.225 e. The third-order valence-corrected chi connectivity index (χ3v) is 5.34. The average molecular weight is 392 g/mol. The molecule has 4 rings (SSSR count). The fourth-order valence-corrected chi connectivity index (χ4v) is 3.56. The molecule has 7 heteroatoms. The highest BCUT2D eigenvalue weighted by Crippen LogP contribution is 2.21. The van der Waals surface area contributed by atoms with Crippen molar-refractivity contribution >= 4 is 22.7 Å². The predicted molar refractivity (Wildman–Crippen MR) is 118 cm³/mol. The van der Waals surface area contributed by atoms with Gasteiger partial charge < -0.3 is 15.5 Å². The van der Waals surface area contributed by atoms with Gasteiger partial charge in [0.15, 0.2) is 0 Å². The molecule has 0 radical (unpaired) electrons. The van der Waals surface area contributed by atoms with Crippen molar-refractivity contribution in [1.82, 2.24) is 24.8 Å². The smallest absolute Gasteiger partial charge is 0.225 e. The Balaban J connectivity index is 1.39. The molecule has 0 atom stereocenters. The van der Waals surface area contributed by atoms with Gasteiger partial charge in [-0.1, -0.05) is 18.2 Å². The molecule has 3 aromatic rings. The van der Waals surface area contributed by atoms with Gasteiger partial charge in [-0.3, -0.25) is 9.88 Å². The Kier molecular flexibility index (Phi) is 6.49. The van der Waals surface area contributed by atoms with Gasteiger partial charge in [0.1, 0.15) is 5.82 Å². The quantitative estimate of drug-likeness (QED) is 0.611. The van der Waals surface area contributed by atoms with E-state index in [0.717, 1.165) is 69.0 Å². The van der Waals surface area contributed by atoms with Crippen LogP contribution in [0.4, 0.5) is 11.8 Å². The zero-order valence-electron chi connectivity index (χ0n) is 17.0. The molecule has 2 aromatic heterocycles. The lowest BCUT2D eigenvalue weighted by Crippen LogP contribution is -2.45. The Labute approximate surface area is 172 Å². The highest BCUT2D eigenvalue weighted by Gasteiger charge is 2.13. The first kappa shape index (κ1) is 19.5. The van der Waals surface area contributed by atoms with E-state index in [1.807, 2.05) is 30.5 Å². The first-order chi connectivity index (χ1) is 14.3. The molecule has 2 N–H and O–H groups in total. The molecule has 0 amide bonds. The number of para-hydroxylation sites is 1. The second kappa shape index (κ2) is 9.62. The van der Waals surface area contributed by atoms with Crippen LogP contribution in [0.3, 0.4) is 0 Å². The van der Waals surface area contributed by atoms with Crippen molar-refractivity contribution in [3.05, 3.63) is 54.4 Å². The molecule has 1 aliphatic rings. The lowest BCUT2D eigenvalue weighted by Gasteiger charge is -2.32. The van der Waals surface area contributed by atoms with Crippen LogP contribution >= 0.6 is 0 Å². The van der Waals surface area contributed by atoms with Crippen molar-refractivity contribution < 1.29 is 0 Å². The van der Waals surface area contributed by atoms with E-state index in [0.29, 0.717) is 5.95 Å². The minimum absolute atomic E-state index is 0.662. The maximum absolute atomic E-state index is 4.75.